The van der Waals surface area contributed by atoms with E-state index in [2.05, 4.69) is 4.90 Å². The number of halogens is 1. The van der Waals surface area contributed by atoms with E-state index in [0.717, 1.165) is 13.0 Å². The molecular formula is C20H22ClNO3. The van der Waals surface area contributed by atoms with Gasteiger partial charge in [-0.2, -0.15) is 0 Å². The van der Waals surface area contributed by atoms with E-state index in [1.807, 2.05) is 32.3 Å². The Morgan fingerprint density at radius 3 is 2.56 bits per heavy atom. The van der Waals surface area contributed by atoms with Crippen molar-refractivity contribution < 1.29 is 14.6 Å². The predicted octanol–water partition coefficient (Wildman–Crippen LogP) is 4.30. The number of aliphatic carboxylic acids is 1. The number of carbonyl (C=O) groups is 1. The van der Waals surface area contributed by atoms with Gasteiger partial charge in [0.15, 0.2) is 0 Å². The van der Waals surface area contributed by atoms with Crippen molar-refractivity contribution in [1.82, 2.24) is 4.90 Å². The fourth-order valence-electron chi connectivity index (χ4n) is 2.37. The molecule has 0 aromatic heterocycles. The summed E-state index contributed by atoms with van der Waals surface area (Å²) in [6.45, 7) is 1.47. The number of carboxylic acids is 1. The van der Waals surface area contributed by atoms with E-state index in [0.29, 0.717) is 28.5 Å². The van der Waals surface area contributed by atoms with Gasteiger partial charge in [-0.3, -0.25) is 0 Å². The molecule has 25 heavy (non-hydrogen) atoms. The highest BCUT2D eigenvalue weighted by atomic mass is 35.5. The van der Waals surface area contributed by atoms with Gasteiger partial charge in [-0.1, -0.05) is 41.9 Å². The summed E-state index contributed by atoms with van der Waals surface area (Å²) in [6.07, 6.45) is 2.48. The average molecular weight is 360 g/mol. The summed E-state index contributed by atoms with van der Waals surface area (Å²) in [5, 5.41) is 10.1. The topological polar surface area (TPSA) is 49.8 Å². The molecule has 0 radical (unpaired) electrons. The standard InChI is InChI=1S/C20H22ClNO3/c1-22(2)11-6-12-25-19-10-9-17(21)13-16(19)14-18(20(23)24)15-7-4-3-5-8-15/h3-5,7-10,13-14H,6,11-12H2,1-2H3,(H,23,24)/b18-14-. The molecule has 1 N–H and O–H groups in total. The summed E-state index contributed by atoms with van der Waals surface area (Å²) in [5.74, 6) is -0.373. The largest absolute Gasteiger partial charge is 0.493 e. The number of benzene rings is 2. The molecule has 2 aromatic carbocycles. The van der Waals surface area contributed by atoms with E-state index in [1.165, 1.54) is 0 Å². The van der Waals surface area contributed by atoms with Crippen LogP contribution in [0.1, 0.15) is 17.5 Å². The minimum Gasteiger partial charge on any atom is -0.493 e. The summed E-state index contributed by atoms with van der Waals surface area (Å²) in [6, 6.07) is 14.2. The van der Waals surface area contributed by atoms with Crippen molar-refractivity contribution in [3.05, 3.63) is 64.7 Å². The first-order valence-corrected chi connectivity index (χ1v) is 8.42. The predicted molar refractivity (Wildman–Crippen MR) is 102 cm³/mol. The van der Waals surface area contributed by atoms with Crippen LogP contribution in [0.3, 0.4) is 0 Å². The lowest BCUT2D eigenvalue weighted by Crippen LogP contribution is -2.15. The lowest BCUT2D eigenvalue weighted by Gasteiger charge is -2.13. The molecule has 0 heterocycles. The van der Waals surface area contributed by atoms with Gasteiger partial charge in [-0.15, -0.1) is 0 Å². The number of ether oxygens (including phenoxy) is 1. The van der Waals surface area contributed by atoms with Crippen molar-refractivity contribution in [1.29, 1.82) is 0 Å². The van der Waals surface area contributed by atoms with Crippen LogP contribution >= 0.6 is 11.6 Å². The third-order valence-corrected chi connectivity index (χ3v) is 3.83. The Morgan fingerprint density at radius 2 is 1.92 bits per heavy atom. The van der Waals surface area contributed by atoms with Crippen LogP contribution in [0.4, 0.5) is 0 Å². The molecule has 0 aliphatic heterocycles. The van der Waals surface area contributed by atoms with Gasteiger partial charge >= 0.3 is 5.97 Å². The molecule has 0 saturated carbocycles. The smallest absolute Gasteiger partial charge is 0.336 e. The summed E-state index contributed by atoms with van der Waals surface area (Å²) in [4.78, 5) is 13.8. The minimum atomic E-state index is -0.996. The SMILES string of the molecule is CN(C)CCCOc1ccc(Cl)cc1/C=C(\C(=O)O)c1ccccc1. The van der Waals surface area contributed by atoms with Gasteiger partial charge in [-0.05, 0) is 50.4 Å². The van der Waals surface area contributed by atoms with Crippen molar-refractivity contribution in [2.45, 2.75) is 6.42 Å². The van der Waals surface area contributed by atoms with E-state index in [1.54, 1.807) is 36.4 Å². The molecule has 0 fully saturated rings. The normalized spacial score (nSPS) is 11.6. The first-order chi connectivity index (χ1) is 12.0. The minimum absolute atomic E-state index is 0.195. The van der Waals surface area contributed by atoms with Crippen LogP contribution in [0.15, 0.2) is 48.5 Å². The van der Waals surface area contributed by atoms with Crippen molar-refractivity contribution in [2.75, 3.05) is 27.2 Å². The van der Waals surface area contributed by atoms with Gasteiger partial charge < -0.3 is 14.7 Å². The first kappa shape index (κ1) is 19.0. The van der Waals surface area contributed by atoms with Gasteiger partial charge in [0.25, 0.3) is 0 Å². The Hall–Kier alpha value is -2.30. The zero-order valence-electron chi connectivity index (χ0n) is 14.4. The molecule has 0 unspecified atom stereocenters. The van der Waals surface area contributed by atoms with E-state index in [4.69, 9.17) is 16.3 Å². The molecule has 5 heteroatoms. The summed E-state index contributed by atoms with van der Waals surface area (Å²) in [5.41, 5.74) is 1.48. The first-order valence-electron chi connectivity index (χ1n) is 8.05. The quantitative estimate of drug-likeness (QED) is 0.434. The van der Waals surface area contributed by atoms with Crippen LogP contribution in [0, 0.1) is 0 Å². The van der Waals surface area contributed by atoms with Gasteiger partial charge in [0.2, 0.25) is 0 Å². The second kappa shape index (κ2) is 9.25. The van der Waals surface area contributed by atoms with Gasteiger partial charge in [0.05, 0.1) is 12.2 Å². The maximum absolute atomic E-state index is 11.7. The molecule has 0 bridgehead atoms. The van der Waals surface area contributed by atoms with Crippen molar-refractivity contribution >= 4 is 29.2 Å². The van der Waals surface area contributed by atoms with Crippen LogP contribution in [0.2, 0.25) is 5.02 Å². The van der Waals surface area contributed by atoms with Crippen LogP contribution in [-0.4, -0.2) is 43.2 Å². The summed E-state index contributed by atoms with van der Waals surface area (Å²) < 4.78 is 5.84. The molecule has 2 rings (SSSR count). The Labute approximate surface area is 153 Å². The Morgan fingerprint density at radius 1 is 1.20 bits per heavy atom. The van der Waals surface area contributed by atoms with E-state index < -0.39 is 5.97 Å². The maximum atomic E-state index is 11.7. The number of rotatable bonds is 8. The van der Waals surface area contributed by atoms with Crippen LogP contribution in [0.25, 0.3) is 11.6 Å². The van der Waals surface area contributed by atoms with E-state index in [-0.39, 0.29) is 5.57 Å². The Bertz CT molecular complexity index is 742. The molecular weight excluding hydrogens is 338 g/mol. The molecule has 0 aliphatic rings. The summed E-state index contributed by atoms with van der Waals surface area (Å²) >= 11 is 6.09. The highest BCUT2D eigenvalue weighted by Crippen LogP contribution is 2.28. The zero-order chi connectivity index (χ0) is 18.2. The summed E-state index contributed by atoms with van der Waals surface area (Å²) in [7, 11) is 4.02. The number of hydrogen-bond acceptors (Lipinski definition) is 3. The van der Waals surface area contributed by atoms with E-state index >= 15 is 0 Å². The van der Waals surface area contributed by atoms with Crippen LogP contribution in [0.5, 0.6) is 5.75 Å². The van der Waals surface area contributed by atoms with E-state index in [9.17, 15) is 9.90 Å². The second-order valence-corrected chi connectivity index (χ2v) is 6.35. The van der Waals surface area contributed by atoms with Crippen molar-refractivity contribution in [2.24, 2.45) is 0 Å². The number of nitrogens with zero attached hydrogens (tertiary/aromatic N) is 1. The average Bonchev–Trinajstić information content (AvgIpc) is 2.58. The highest BCUT2D eigenvalue weighted by molar-refractivity contribution is 6.31. The van der Waals surface area contributed by atoms with Crippen molar-refractivity contribution in [3.8, 4) is 5.75 Å². The fourth-order valence-corrected chi connectivity index (χ4v) is 2.55. The number of carboxylic acid groups (broad SMARTS) is 1. The second-order valence-electron chi connectivity index (χ2n) is 5.92. The Balaban J connectivity index is 2.29. The van der Waals surface area contributed by atoms with Crippen LogP contribution in [-0.2, 0) is 4.79 Å². The number of hydrogen-bond donors (Lipinski definition) is 1. The fraction of sp³-hybridized carbons (Fsp3) is 0.250. The molecule has 0 amide bonds. The third-order valence-electron chi connectivity index (χ3n) is 3.59. The van der Waals surface area contributed by atoms with Gasteiger partial charge in [-0.25, -0.2) is 4.79 Å². The lowest BCUT2D eigenvalue weighted by molar-refractivity contribution is -0.130. The lowest BCUT2D eigenvalue weighted by atomic mass is 10.0. The molecule has 132 valence electrons. The van der Waals surface area contributed by atoms with Gasteiger partial charge in [0.1, 0.15) is 5.75 Å². The monoisotopic (exact) mass is 359 g/mol. The highest BCUT2D eigenvalue weighted by Gasteiger charge is 2.12. The zero-order valence-corrected chi connectivity index (χ0v) is 15.2. The molecule has 0 spiro atoms. The third kappa shape index (κ3) is 5.93. The molecule has 0 atom stereocenters. The maximum Gasteiger partial charge on any atom is 0.336 e. The molecule has 0 aliphatic carbocycles. The molecule has 4 nitrogen and oxygen atoms in total. The van der Waals surface area contributed by atoms with Gasteiger partial charge in [0, 0.05) is 17.1 Å². The Kier molecular flexibility index (Phi) is 7.04. The van der Waals surface area contributed by atoms with Crippen LogP contribution < -0.4 is 4.74 Å². The molecule has 2 aromatic rings. The molecule has 0 saturated heterocycles. The van der Waals surface area contributed by atoms with Crippen molar-refractivity contribution in [3.63, 3.8) is 0 Å².